The molecular formula is C23H21Cl2N3O. The first-order valence-electron chi connectivity index (χ1n) is 9.53. The Morgan fingerprint density at radius 2 is 1.66 bits per heavy atom. The fourth-order valence-corrected chi connectivity index (χ4v) is 3.42. The summed E-state index contributed by atoms with van der Waals surface area (Å²) < 4.78 is 7.80. The minimum absolute atomic E-state index is 0.631. The molecule has 0 amide bonds. The summed E-state index contributed by atoms with van der Waals surface area (Å²) in [7, 11) is 0. The van der Waals surface area contributed by atoms with Crippen LogP contribution in [0.4, 0.5) is 5.95 Å². The van der Waals surface area contributed by atoms with Crippen LogP contribution in [-0.4, -0.2) is 16.2 Å². The van der Waals surface area contributed by atoms with Crippen molar-refractivity contribution in [1.29, 1.82) is 0 Å². The van der Waals surface area contributed by atoms with Crippen molar-refractivity contribution in [3.8, 4) is 11.4 Å². The number of hydrogen-bond acceptors (Lipinski definition) is 3. The van der Waals surface area contributed by atoms with Gasteiger partial charge in [-0.25, -0.2) is 4.98 Å². The molecule has 0 unspecified atom stereocenters. The highest BCUT2D eigenvalue weighted by molar-refractivity contribution is 6.31. The fourth-order valence-electron chi connectivity index (χ4n) is 3.13. The molecule has 1 heterocycles. The number of nitrogens with one attached hydrogen (secondary N) is 1. The molecular weight excluding hydrogens is 405 g/mol. The molecule has 0 bridgehead atoms. The molecule has 3 aromatic carbocycles. The first-order valence-corrected chi connectivity index (χ1v) is 10.3. The molecule has 148 valence electrons. The largest absolute Gasteiger partial charge is 0.494 e. The zero-order chi connectivity index (χ0) is 20.2. The molecule has 4 nitrogen and oxygen atoms in total. The molecule has 1 aromatic heterocycles. The van der Waals surface area contributed by atoms with Gasteiger partial charge in [-0.1, -0.05) is 42.3 Å². The standard InChI is InChI=1S/C23H21Cl2N3O/c1-2-13-29-20-10-8-19(9-11-20)28-22-12-7-18(25)14-21(22)27-23(28)26-15-16-3-5-17(24)6-4-16/h3-12,14H,2,13,15H2,1H3,(H,26,27). The van der Waals surface area contributed by atoms with Gasteiger partial charge in [0.05, 0.1) is 17.6 Å². The average Bonchev–Trinajstić information content (AvgIpc) is 3.09. The predicted molar refractivity (Wildman–Crippen MR) is 121 cm³/mol. The lowest BCUT2D eigenvalue weighted by molar-refractivity contribution is 0.317. The monoisotopic (exact) mass is 425 g/mol. The van der Waals surface area contributed by atoms with E-state index in [9.17, 15) is 0 Å². The highest BCUT2D eigenvalue weighted by Crippen LogP contribution is 2.28. The van der Waals surface area contributed by atoms with Crippen LogP contribution >= 0.6 is 23.2 Å². The third-order valence-electron chi connectivity index (χ3n) is 4.55. The Bertz CT molecular complexity index is 1110. The van der Waals surface area contributed by atoms with Crippen LogP contribution in [0.3, 0.4) is 0 Å². The number of hydrogen-bond donors (Lipinski definition) is 1. The number of ether oxygens (including phenoxy) is 1. The molecule has 29 heavy (non-hydrogen) atoms. The molecule has 0 saturated carbocycles. The Labute approximate surface area is 180 Å². The van der Waals surface area contributed by atoms with Gasteiger partial charge in [-0.05, 0) is 66.6 Å². The van der Waals surface area contributed by atoms with Gasteiger partial charge >= 0.3 is 0 Å². The van der Waals surface area contributed by atoms with E-state index in [4.69, 9.17) is 32.9 Å². The van der Waals surface area contributed by atoms with Crippen molar-refractivity contribution in [3.05, 3.63) is 82.3 Å². The summed E-state index contributed by atoms with van der Waals surface area (Å²) in [5.74, 6) is 1.61. The van der Waals surface area contributed by atoms with Crippen molar-refractivity contribution in [1.82, 2.24) is 9.55 Å². The van der Waals surface area contributed by atoms with E-state index in [0.29, 0.717) is 18.2 Å². The van der Waals surface area contributed by atoms with Crippen molar-refractivity contribution in [2.24, 2.45) is 0 Å². The fraction of sp³-hybridized carbons (Fsp3) is 0.174. The first kappa shape index (κ1) is 19.6. The van der Waals surface area contributed by atoms with E-state index in [1.807, 2.05) is 66.7 Å². The Balaban J connectivity index is 1.68. The maximum absolute atomic E-state index is 6.18. The zero-order valence-electron chi connectivity index (χ0n) is 16.0. The van der Waals surface area contributed by atoms with Crippen LogP contribution in [0.2, 0.25) is 10.0 Å². The number of imidazole rings is 1. The highest BCUT2D eigenvalue weighted by Gasteiger charge is 2.13. The van der Waals surface area contributed by atoms with Crippen LogP contribution in [0.25, 0.3) is 16.7 Å². The Morgan fingerprint density at radius 3 is 2.38 bits per heavy atom. The number of halogens is 2. The average molecular weight is 426 g/mol. The highest BCUT2D eigenvalue weighted by atomic mass is 35.5. The van der Waals surface area contributed by atoms with Gasteiger partial charge in [0, 0.05) is 22.3 Å². The van der Waals surface area contributed by atoms with E-state index in [-0.39, 0.29) is 0 Å². The van der Waals surface area contributed by atoms with E-state index < -0.39 is 0 Å². The summed E-state index contributed by atoms with van der Waals surface area (Å²) in [4.78, 5) is 4.76. The topological polar surface area (TPSA) is 39.1 Å². The maximum Gasteiger partial charge on any atom is 0.208 e. The molecule has 0 aliphatic carbocycles. The van der Waals surface area contributed by atoms with Gasteiger partial charge in [0.1, 0.15) is 5.75 Å². The van der Waals surface area contributed by atoms with Gasteiger partial charge in [0.15, 0.2) is 0 Å². The Kier molecular flexibility index (Phi) is 5.93. The van der Waals surface area contributed by atoms with Crippen molar-refractivity contribution in [2.45, 2.75) is 19.9 Å². The van der Waals surface area contributed by atoms with Crippen LogP contribution in [0.15, 0.2) is 66.7 Å². The quantitative estimate of drug-likeness (QED) is 0.356. The third-order valence-corrected chi connectivity index (χ3v) is 5.04. The molecule has 0 spiro atoms. The van der Waals surface area contributed by atoms with E-state index in [1.165, 1.54) is 0 Å². The van der Waals surface area contributed by atoms with Crippen LogP contribution < -0.4 is 10.1 Å². The van der Waals surface area contributed by atoms with Gasteiger partial charge in [0.2, 0.25) is 5.95 Å². The van der Waals surface area contributed by atoms with E-state index in [2.05, 4.69) is 16.8 Å². The van der Waals surface area contributed by atoms with Crippen LogP contribution in [0.1, 0.15) is 18.9 Å². The van der Waals surface area contributed by atoms with Crippen molar-refractivity contribution in [2.75, 3.05) is 11.9 Å². The van der Waals surface area contributed by atoms with Crippen molar-refractivity contribution in [3.63, 3.8) is 0 Å². The number of aromatic nitrogens is 2. The second-order valence-electron chi connectivity index (χ2n) is 6.73. The van der Waals surface area contributed by atoms with E-state index in [1.54, 1.807) is 0 Å². The molecule has 0 radical (unpaired) electrons. The molecule has 0 saturated heterocycles. The summed E-state index contributed by atoms with van der Waals surface area (Å²) in [5.41, 5.74) is 3.93. The zero-order valence-corrected chi connectivity index (χ0v) is 17.5. The second-order valence-corrected chi connectivity index (χ2v) is 7.60. The summed E-state index contributed by atoms with van der Waals surface area (Å²) in [5, 5.41) is 4.82. The van der Waals surface area contributed by atoms with Gasteiger partial charge in [-0.2, -0.15) is 0 Å². The predicted octanol–water partition coefficient (Wildman–Crippen LogP) is 6.73. The van der Waals surface area contributed by atoms with Crippen molar-refractivity contribution < 1.29 is 4.74 Å². The van der Waals surface area contributed by atoms with Gasteiger partial charge in [-0.3, -0.25) is 4.57 Å². The number of anilines is 1. The maximum atomic E-state index is 6.18. The number of fused-ring (bicyclic) bond motifs is 1. The number of rotatable bonds is 7. The first-order chi connectivity index (χ1) is 14.1. The van der Waals surface area contributed by atoms with Gasteiger partial charge in [-0.15, -0.1) is 0 Å². The third kappa shape index (κ3) is 4.50. The lowest BCUT2D eigenvalue weighted by Crippen LogP contribution is -2.06. The Hall–Kier alpha value is -2.69. The summed E-state index contributed by atoms with van der Waals surface area (Å²) in [6.07, 6.45) is 0.980. The molecule has 0 aliphatic heterocycles. The SMILES string of the molecule is CCCOc1ccc(-n2c(NCc3ccc(Cl)cc3)nc3cc(Cl)ccc32)cc1. The molecule has 6 heteroatoms. The van der Waals surface area contributed by atoms with Gasteiger partial charge in [0.25, 0.3) is 0 Å². The Morgan fingerprint density at radius 1 is 0.931 bits per heavy atom. The number of benzene rings is 3. The summed E-state index contributed by atoms with van der Waals surface area (Å²) in [6, 6.07) is 21.5. The summed E-state index contributed by atoms with van der Waals surface area (Å²) in [6.45, 7) is 3.43. The van der Waals surface area contributed by atoms with Gasteiger partial charge < -0.3 is 10.1 Å². The molecule has 1 N–H and O–H groups in total. The lowest BCUT2D eigenvalue weighted by atomic mass is 10.2. The number of nitrogens with zero attached hydrogens (tertiary/aromatic N) is 2. The minimum atomic E-state index is 0.631. The lowest BCUT2D eigenvalue weighted by Gasteiger charge is -2.12. The molecule has 4 rings (SSSR count). The molecule has 4 aromatic rings. The molecule has 0 aliphatic rings. The molecule has 0 atom stereocenters. The summed E-state index contributed by atoms with van der Waals surface area (Å²) >= 11 is 12.2. The van der Waals surface area contributed by atoms with Crippen LogP contribution in [-0.2, 0) is 6.54 Å². The molecule has 0 fully saturated rings. The minimum Gasteiger partial charge on any atom is -0.494 e. The van der Waals surface area contributed by atoms with Crippen LogP contribution in [0, 0.1) is 0 Å². The normalized spacial score (nSPS) is 11.0. The van der Waals surface area contributed by atoms with Crippen LogP contribution in [0.5, 0.6) is 5.75 Å². The smallest absolute Gasteiger partial charge is 0.208 e. The second kappa shape index (κ2) is 8.76. The van der Waals surface area contributed by atoms with E-state index in [0.717, 1.165) is 45.4 Å². The van der Waals surface area contributed by atoms with Crippen molar-refractivity contribution >= 4 is 40.2 Å². The van der Waals surface area contributed by atoms with E-state index >= 15 is 0 Å².